The number of amides is 1. The standard InChI is InChI=1S/C16H21ClN2O/c1-12(14-4-3-5-15(17)9-14)8-16(20)19-7-6-13(11-19)10-18-2/h3-5,8-9,13,18H,6-7,10-11H2,1-2H3. The average molecular weight is 293 g/mol. The Morgan fingerprint density at radius 1 is 1.55 bits per heavy atom. The predicted octanol–water partition coefficient (Wildman–Crippen LogP) is 2.81. The molecule has 20 heavy (non-hydrogen) atoms. The van der Waals surface area contributed by atoms with E-state index in [0.29, 0.717) is 10.9 Å². The van der Waals surface area contributed by atoms with Crippen molar-refractivity contribution in [2.24, 2.45) is 5.92 Å². The lowest BCUT2D eigenvalue weighted by Crippen LogP contribution is -2.29. The monoisotopic (exact) mass is 292 g/mol. The highest BCUT2D eigenvalue weighted by Gasteiger charge is 2.24. The van der Waals surface area contributed by atoms with Gasteiger partial charge in [0.05, 0.1) is 0 Å². The molecule has 1 aliphatic heterocycles. The molecule has 3 nitrogen and oxygen atoms in total. The number of likely N-dealkylation sites (tertiary alicyclic amines) is 1. The summed E-state index contributed by atoms with van der Waals surface area (Å²) in [6.45, 7) is 4.62. The topological polar surface area (TPSA) is 32.3 Å². The van der Waals surface area contributed by atoms with Gasteiger partial charge in [0.15, 0.2) is 0 Å². The second-order valence-corrected chi connectivity index (χ2v) is 5.77. The van der Waals surface area contributed by atoms with Crippen molar-refractivity contribution in [1.29, 1.82) is 0 Å². The molecule has 0 bridgehead atoms. The van der Waals surface area contributed by atoms with Gasteiger partial charge in [-0.15, -0.1) is 0 Å². The Balaban J connectivity index is 2.01. The fraction of sp³-hybridized carbons (Fsp3) is 0.438. The molecular formula is C16H21ClN2O. The molecule has 108 valence electrons. The summed E-state index contributed by atoms with van der Waals surface area (Å²) in [6.07, 6.45) is 2.80. The van der Waals surface area contributed by atoms with E-state index >= 15 is 0 Å². The highest BCUT2D eigenvalue weighted by Crippen LogP contribution is 2.20. The molecule has 1 amide bonds. The van der Waals surface area contributed by atoms with Gasteiger partial charge in [0.2, 0.25) is 5.91 Å². The van der Waals surface area contributed by atoms with Gasteiger partial charge in [-0.05, 0) is 56.1 Å². The van der Waals surface area contributed by atoms with Crippen LogP contribution in [0, 0.1) is 5.92 Å². The molecule has 0 radical (unpaired) electrons. The summed E-state index contributed by atoms with van der Waals surface area (Å²) in [5, 5.41) is 3.87. The third-order valence-electron chi connectivity index (χ3n) is 3.71. The fourth-order valence-electron chi connectivity index (χ4n) is 2.58. The molecule has 1 atom stereocenters. The van der Waals surface area contributed by atoms with Crippen LogP contribution in [0.2, 0.25) is 5.02 Å². The summed E-state index contributed by atoms with van der Waals surface area (Å²) < 4.78 is 0. The molecule has 1 fully saturated rings. The van der Waals surface area contributed by atoms with Crippen molar-refractivity contribution < 1.29 is 4.79 Å². The van der Waals surface area contributed by atoms with Crippen molar-refractivity contribution in [3.63, 3.8) is 0 Å². The highest BCUT2D eigenvalue weighted by atomic mass is 35.5. The second-order valence-electron chi connectivity index (χ2n) is 5.33. The van der Waals surface area contributed by atoms with E-state index in [9.17, 15) is 4.79 Å². The number of carbonyl (C=O) groups excluding carboxylic acids is 1. The zero-order chi connectivity index (χ0) is 14.5. The quantitative estimate of drug-likeness (QED) is 0.866. The number of carbonyl (C=O) groups is 1. The number of nitrogens with zero attached hydrogens (tertiary/aromatic N) is 1. The van der Waals surface area contributed by atoms with E-state index in [4.69, 9.17) is 11.6 Å². The van der Waals surface area contributed by atoms with Crippen molar-refractivity contribution in [1.82, 2.24) is 10.2 Å². The molecule has 0 saturated carbocycles. The van der Waals surface area contributed by atoms with E-state index in [-0.39, 0.29) is 5.91 Å². The molecule has 1 saturated heterocycles. The molecule has 1 aliphatic rings. The van der Waals surface area contributed by atoms with Gasteiger partial charge >= 0.3 is 0 Å². The number of nitrogens with one attached hydrogen (secondary N) is 1. The SMILES string of the molecule is CNCC1CCN(C(=O)C=C(C)c2cccc(Cl)c2)C1. The maximum absolute atomic E-state index is 12.3. The van der Waals surface area contributed by atoms with Crippen LogP contribution in [0.3, 0.4) is 0 Å². The Hall–Kier alpha value is -1.32. The third kappa shape index (κ3) is 3.84. The van der Waals surface area contributed by atoms with Gasteiger partial charge in [0, 0.05) is 24.2 Å². The Morgan fingerprint density at radius 2 is 2.35 bits per heavy atom. The second kappa shape index (κ2) is 6.91. The first kappa shape index (κ1) is 15.1. The molecule has 2 rings (SSSR count). The van der Waals surface area contributed by atoms with Crippen LogP contribution in [0.1, 0.15) is 18.9 Å². The van der Waals surface area contributed by atoms with Gasteiger partial charge in [0.25, 0.3) is 0 Å². The Bertz CT molecular complexity index is 513. The number of rotatable bonds is 4. The van der Waals surface area contributed by atoms with Gasteiger partial charge in [-0.3, -0.25) is 4.79 Å². The minimum atomic E-state index is 0.0982. The van der Waals surface area contributed by atoms with Gasteiger partial charge in [-0.2, -0.15) is 0 Å². The van der Waals surface area contributed by atoms with Gasteiger partial charge in [-0.25, -0.2) is 0 Å². The van der Waals surface area contributed by atoms with E-state index < -0.39 is 0 Å². The van der Waals surface area contributed by atoms with E-state index in [1.165, 1.54) is 0 Å². The molecule has 1 unspecified atom stereocenters. The fourth-order valence-corrected chi connectivity index (χ4v) is 2.77. The Labute approximate surface area is 125 Å². The average Bonchev–Trinajstić information content (AvgIpc) is 2.88. The number of hydrogen-bond donors (Lipinski definition) is 1. The number of benzene rings is 1. The Kier molecular flexibility index (Phi) is 5.21. The van der Waals surface area contributed by atoms with Crippen molar-refractivity contribution in [2.75, 3.05) is 26.7 Å². The molecule has 1 N–H and O–H groups in total. The lowest BCUT2D eigenvalue weighted by molar-refractivity contribution is -0.125. The maximum atomic E-state index is 12.3. The number of hydrogen-bond acceptors (Lipinski definition) is 2. The van der Waals surface area contributed by atoms with Gasteiger partial charge < -0.3 is 10.2 Å². The van der Waals surface area contributed by atoms with Crippen molar-refractivity contribution in [3.05, 3.63) is 40.9 Å². The first-order valence-electron chi connectivity index (χ1n) is 6.98. The summed E-state index contributed by atoms with van der Waals surface area (Å²) in [6, 6.07) is 7.59. The summed E-state index contributed by atoms with van der Waals surface area (Å²) >= 11 is 5.98. The first-order chi connectivity index (χ1) is 9.60. The summed E-state index contributed by atoms with van der Waals surface area (Å²) in [4.78, 5) is 14.2. The van der Waals surface area contributed by atoms with E-state index in [0.717, 1.165) is 37.2 Å². The van der Waals surface area contributed by atoms with Crippen molar-refractivity contribution in [3.8, 4) is 0 Å². The van der Waals surface area contributed by atoms with Crippen LogP contribution in [0.25, 0.3) is 5.57 Å². The normalized spacial score (nSPS) is 19.4. The van der Waals surface area contributed by atoms with Crippen LogP contribution >= 0.6 is 11.6 Å². The van der Waals surface area contributed by atoms with Crippen LogP contribution in [-0.4, -0.2) is 37.5 Å². The maximum Gasteiger partial charge on any atom is 0.246 e. The minimum Gasteiger partial charge on any atom is -0.339 e. The molecule has 0 aliphatic carbocycles. The number of allylic oxidation sites excluding steroid dienone is 1. The zero-order valence-corrected chi connectivity index (χ0v) is 12.8. The van der Waals surface area contributed by atoms with E-state index in [2.05, 4.69) is 5.32 Å². The molecule has 1 aromatic carbocycles. The van der Waals surface area contributed by atoms with Crippen LogP contribution in [0.15, 0.2) is 30.3 Å². The van der Waals surface area contributed by atoms with Crippen LogP contribution < -0.4 is 5.32 Å². The highest BCUT2D eigenvalue weighted by molar-refractivity contribution is 6.30. The van der Waals surface area contributed by atoms with Crippen LogP contribution in [0.5, 0.6) is 0 Å². The van der Waals surface area contributed by atoms with Crippen LogP contribution in [0.4, 0.5) is 0 Å². The summed E-state index contributed by atoms with van der Waals surface area (Å²) in [5.74, 6) is 0.671. The number of halogens is 1. The van der Waals surface area contributed by atoms with Crippen molar-refractivity contribution >= 4 is 23.1 Å². The lowest BCUT2D eigenvalue weighted by Gasteiger charge is -2.15. The molecule has 0 spiro atoms. The third-order valence-corrected chi connectivity index (χ3v) is 3.95. The minimum absolute atomic E-state index is 0.0982. The lowest BCUT2D eigenvalue weighted by atomic mass is 10.1. The van der Waals surface area contributed by atoms with Crippen LogP contribution in [-0.2, 0) is 4.79 Å². The molecule has 0 aromatic heterocycles. The Morgan fingerprint density at radius 3 is 3.05 bits per heavy atom. The zero-order valence-electron chi connectivity index (χ0n) is 12.0. The van der Waals surface area contributed by atoms with E-state index in [1.54, 1.807) is 6.08 Å². The smallest absolute Gasteiger partial charge is 0.246 e. The van der Waals surface area contributed by atoms with Crippen molar-refractivity contribution in [2.45, 2.75) is 13.3 Å². The van der Waals surface area contributed by atoms with Gasteiger partial charge in [0.1, 0.15) is 0 Å². The predicted molar refractivity (Wildman–Crippen MR) is 83.7 cm³/mol. The van der Waals surface area contributed by atoms with E-state index in [1.807, 2.05) is 43.1 Å². The summed E-state index contributed by atoms with van der Waals surface area (Å²) in [5.41, 5.74) is 1.95. The van der Waals surface area contributed by atoms with Gasteiger partial charge in [-0.1, -0.05) is 23.7 Å². The molecular weight excluding hydrogens is 272 g/mol. The molecule has 1 aromatic rings. The largest absolute Gasteiger partial charge is 0.339 e. The summed E-state index contributed by atoms with van der Waals surface area (Å²) in [7, 11) is 1.95. The first-order valence-corrected chi connectivity index (χ1v) is 7.35. The molecule has 1 heterocycles. The molecule has 4 heteroatoms.